The minimum absolute atomic E-state index is 0.0135. The molecule has 1 heterocycles. The summed E-state index contributed by atoms with van der Waals surface area (Å²) in [6.07, 6.45) is 0. The topological polar surface area (TPSA) is 102 Å². The van der Waals surface area contributed by atoms with Crippen LogP contribution in [0.3, 0.4) is 0 Å². The third kappa shape index (κ3) is 5.02. The first-order valence-corrected chi connectivity index (χ1v) is 8.52. The van der Waals surface area contributed by atoms with Crippen molar-refractivity contribution in [3.63, 3.8) is 0 Å². The number of aliphatic imine (C=N–C) groups is 1. The van der Waals surface area contributed by atoms with Crippen molar-refractivity contribution >= 4 is 11.9 Å². The summed E-state index contributed by atoms with van der Waals surface area (Å²) in [5, 5.41) is 6.56. The number of aryl methyl sites for hydroxylation is 1. The number of carbonyl (C=O) groups excluding carboxylic acids is 1. The maximum Gasteiger partial charge on any atom is 0.284 e. The molecule has 0 bridgehead atoms. The molecule has 1 unspecified atom stereocenters. The Balaban J connectivity index is 2.13. The maximum atomic E-state index is 11.1. The van der Waals surface area contributed by atoms with Gasteiger partial charge in [-0.1, -0.05) is 17.7 Å². The van der Waals surface area contributed by atoms with Gasteiger partial charge in [0.25, 0.3) is 5.91 Å². The van der Waals surface area contributed by atoms with Crippen LogP contribution in [0.25, 0.3) is 0 Å². The van der Waals surface area contributed by atoms with Crippen LogP contribution in [-0.4, -0.2) is 25.5 Å². The number of methoxy groups -OCH3 is 1. The summed E-state index contributed by atoms with van der Waals surface area (Å²) in [4.78, 5) is 15.6. The summed E-state index contributed by atoms with van der Waals surface area (Å²) in [5.41, 5.74) is 7.40. The summed E-state index contributed by atoms with van der Waals surface area (Å²) in [5.74, 6) is 1.57. The van der Waals surface area contributed by atoms with Gasteiger partial charge in [0.1, 0.15) is 18.1 Å². The second kappa shape index (κ2) is 8.94. The molecule has 0 saturated carbocycles. The summed E-state index contributed by atoms with van der Waals surface area (Å²) in [7, 11) is 1.66. The lowest BCUT2D eigenvalue weighted by molar-refractivity contribution is 0.0972. The lowest BCUT2D eigenvalue weighted by Crippen LogP contribution is -2.38. The number of nitrogens with two attached hydrogens (primary N) is 1. The zero-order valence-corrected chi connectivity index (χ0v) is 15.6. The number of primary amides is 1. The van der Waals surface area contributed by atoms with Gasteiger partial charge in [0.2, 0.25) is 0 Å². The minimum atomic E-state index is -0.592. The Labute approximate surface area is 153 Å². The Morgan fingerprint density at radius 3 is 2.73 bits per heavy atom. The molecule has 0 aliphatic rings. The van der Waals surface area contributed by atoms with Gasteiger partial charge in [-0.25, -0.2) is 4.99 Å². The highest BCUT2D eigenvalue weighted by molar-refractivity contribution is 5.89. The number of nitrogens with one attached hydrogen (secondary N) is 2. The molecule has 1 aromatic heterocycles. The molecule has 2 aromatic rings. The molecule has 0 fully saturated rings. The standard InChI is InChI=1S/C19H26N4O3/c1-5-21-19(22-11-14-7-9-17(26-14)18(20)24)23-13(3)15-10-12(2)6-8-16(15)25-4/h6-10,13H,5,11H2,1-4H3,(H2,20,24)(H2,21,22,23). The number of ether oxygens (including phenoxy) is 1. The van der Waals surface area contributed by atoms with E-state index in [2.05, 4.69) is 21.7 Å². The summed E-state index contributed by atoms with van der Waals surface area (Å²) in [6, 6.07) is 9.29. The van der Waals surface area contributed by atoms with Crippen molar-refractivity contribution < 1.29 is 13.9 Å². The highest BCUT2D eigenvalue weighted by atomic mass is 16.5. The number of benzene rings is 1. The number of furan rings is 1. The lowest BCUT2D eigenvalue weighted by atomic mass is 10.0. The van der Waals surface area contributed by atoms with Crippen molar-refractivity contribution in [1.82, 2.24) is 10.6 Å². The van der Waals surface area contributed by atoms with Crippen LogP contribution in [-0.2, 0) is 6.54 Å². The van der Waals surface area contributed by atoms with Crippen LogP contribution in [0.15, 0.2) is 39.7 Å². The maximum absolute atomic E-state index is 11.1. The Morgan fingerprint density at radius 1 is 1.35 bits per heavy atom. The second-order valence-electron chi connectivity index (χ2n) is 5.94. The molecule has 1 aromatic carbocycles. The van der Waals surface area contributed by atoms with E-state index in [1.165, 1.54) is 0 Å². The molecule has 4 N–H and O–H groups in total. The highest BCUT2D eigenvalue weighted by Gasteiger charge is 2.13. The van der Waals surface area contributed by atoms with Crippen LogP contribution < -0.4 is 21.1 Å². The van der Waals surface area contributed by atoms with E-state index in [9.17, 15) is 4.79 Å². The van der Waals surface area contributed by atoms with E-state index in [1.807, 2.05) is 32.9 Å². The number of rotatable bonds is 7. The summed E-state index contributed by atoms with van der Waals surface area (Å²) >= 11 is 0. The van der Waals surface area contributed by atoms with Crippen molar-refractivity contribution in [2.24, 2.45) is 10.7 Å². The lowest BCUT2D eigenvalue weighted by Gasteiger charge is -2.20. The predicted molar refractivity (Wildman–Crippen MR) is 101 cm³/mol. The molecule has 2 rings (SSSR count). The van der Waals surface area contributed by atoms with Gasteiger partial charge in [-0.2, -0.15) is 0 Å². The average molecular weight is 358 g/mol. The van der Waals surface area contributed by atoms with Crippen LogP contribution in [0.1, 0.15) is 47.3 Å². The van der Waals surface area contributed by atoms with Gasteiger partial charge in [0, 0.05) is 12.1 Å². The smallest absolute Gasteiger partial charge is 0.284 e. The Morgan fingerprint density at radius 2 is 2.12 bits per heavy atom. The van der Waals surface area contributed by atoms with Gasteiger partial charge in [-0.15, -0.1) is 0 Å². The van der Waals surface area contributed by atoms with Crippen LogP contribution in [0, 0.1) is 6.92 Å². The molecule has 1 amide bonds. The third-order valence-corrected chi connectivity index (χ3v) is 3.85. The fourth-order valence-corrected chi connectivity index (χ4v) is 2.55. The van der Waals surface area contributed by atoms with E-state index in [4.69, 9.17) is 14.9 Å². The molecule has 7 nitrogen and oxygen atoms in total. The Hall–Kier alpha value is -2.96. The van der Waals surface area contributed by atoms with Crippen molar-refractivity contribution in [2.75, 3.05) is 13.7 Å². The molecule has 7 heteroatoms. The summed E-state index contributed by atoms with van der Waals surface area (Å²) < 4.78 is 10.8. The van der Waals surface area contributed by atoms with E-state index >= 15 is 0 Å². The quantitative estimate of drug-likeness (QED) is 0.521. The SMILES string of the molecule is CCNC(=NCc1ccc(C(N)=O)o1)NC(C)c1cc(C)ccc1OC. The molecule has 1 atom stereocenters. The zero-order valence-electron chi connectivity index (χ0n) is 15.6. The molecular weight excluding hydrogens is 332 g/mol. The molecule has 26 heavy (non-hydrogen) atoms. The molecular formula is C19H26N4O3. The zero-order chi connectivity index (χ0) is 19.1. The van der Waals surface area contributed by atoms with Gasteiger partial charge < -0.3 is 25.5 Å². The van der Waals surface area contributed by atoms with Gasteiger partial charge in [-0.05, 0) is 39.0 Å². The van der Waals surface area contributed by atoms with Gasteiger partial charge >= 0.3 is 0 Å². The number of nitrogens with zero attached hydrogens (tertiary/aromatic N) is 1. The van der Waals surface area contributed by atoms with E-state index < -0.39 is 5.91 Å². The first kappa shape index (κ1) is 19.4. The van der Waals surface area contributed by atoms with Crippen molar-refractivity contribution in [3.05, 3.63) is 53.0 Å². The molecule has 0 spiro atoms. The number of amides is 1. The number of hydrogen-bond acceptors (Lipinski definition) is 4. The molecule has 0 radical (unpaired) electrons. The second-order valence-corrected chi connectivity index (χ2v) is 5.94. The van der Waals surface area contributed by atoms with E-state index in [0.717, 1.165) is 16.9 Å². The summed E-state index contributed by atoms with van der Waals surface area (Å²) in [6.45, 7) is 7.09. The van der Waals surface area contributed by atoms with Crippen LogP contribution in [0.4, 0.5) is 0 Å². The first-order chi connectivity index (χ1) is 12.4. The fourth-order valence-electron chi connectivity index (χ4n) is 2.55. The van der Waals surface area contributed by atoms with Crippen LogP contribution in [0.2, 0.25) is 0 Å². The number of hydrogen-bond donors (Lipinski definition) is 3. The molecule has 0 saturated heterocycles. The molecule has 0 aliphatic heterocycles. The van der Waals surface area contributed by atoms with Crippen molar-refractivity contribution in [3.8, 4) is 5.75 Å². The van der Waals surface area contributed by atoms with E-state index in [0.29, 0.717) is 24.8 Å². The van der Waals surface area contributed by atoms with E-state index in [1.54, 1.807) is 19.2 Å². The Kier molecular flexibility index (Phi) is 6.66. The monoisotopic (exact) mass is 358 g/mol. The molecule has 0 aliphatic carbocycles. The van der Waals surface area contributed by atoms with Crippen molar-refractivity contribution in [2.45, 2.75) is 33.4 Å². The number of carbonyl (C=O) groups is 1. The third-order valence-electron chi connectivity index (χ3n) is 3.85. The first-order valence-electron chi connectivity index (χ1n) is 8.52. The predicted octanol–water partition coefficient (Wildman–Crippen LogP) is 2.51. The average Bonchev–Trinajstić information content (AvgIpc) is 3.09. The fraction of sp³-hybridized carbons (Fsp3) is 0.368. The van der Waals surface area contributed by atoms with Gasteiger partial charge in [0.05, 0.1) is 13.2 Å². The van der Waals surface area contributed by atoms with Crippen LogP contribution >= 0.6 is 0 Å². The largest absolute Gasteiger partial charge is 0.496 e. The van der Waals surface area contributed by atoms with Gasteiger partial charge in [0.15, 0.2) is 11.7 Å². The van der Waals surface area contributed by atoms with E-state index in [-0.39, 0.29) is 11.8 Å². The van der Waals surface area contributed by atoms with Gasteiger partial charge in [-0.3, -0.25) is 4.79 Å². The number of guanidine groups is 1. The highest BCUT2D eigenvalue weighted by Crippen LogP contribution is 2.26. The van der Waals surface area contributed by atoms with Crippen molar-refractivity contribution in [1.29, 1.82) is 0 Å². The van der Waals surface area contributed by atoms with Crippen LogP contribution in [0.5, 0.6) is 5.75 Å². The molecule has 140 valence electrons. The normalized spacial score (nSPS) is 12.5. The minimum Gasteiger partial charge on any atom is -0.496 e. The Bertz CT molecular complexity index is 783.